The van der Waals surface area contributed by atoms with Gasteiger partial charge in [0, 0.05) is 0 Å². The van der Waals surface area contributed by atoms with Crippen LogP contribution in [0.15, 0.2) is 23.1 Å². The molecule has 0 radical (unpaired) electrons. The smallest absolute Gasteiger partial charge is 0.244 e. The summed E-state index contributed by atoms with van der Waals surface area (Å²) < 4.78 is 24.5. The van der Waals surface area contributed by atoms with E-state index in [9.17, 15) is 13.2 Å². The van der Waals surface area contributed by atoms with Gasteiger partial charge in [-0.25, -0.2) is 8.42 Å². The molecular formula is C12H12N2O3S. The number of amides is 1. The Morgan fingerprint density at radius 3 is 2.78 bits per heavy atom. The normalized spacial score (nSPS) is 20.7. The van der Waals surface area contributed by atoms with Gasteiger partial charge in [-0.05, 0) is 24.1 Å². The molecule has 0 saturated heterocycles. The molecule has 1 heterocycles. The molecule has 0 aliphatic carbocycles. The summed E-state index contributed by atoms with van der Waals surface area (Å²) in [6.45, 7) is 1.92. The number of sulfone groups is 1. The van der Waals surface area contributed by atoms with Crippen LogP contribution in [0.4, 0.5) is 5.69 Å². The molecule has 1 atom stereocenters. The Kier molecular flexibility index (Phi) is 3.09. The van der Waals surface area contributed by atoms with Crippen LogP contribution in [0.5, 0.6) is 0 Å². The molecule has 18 heavy (non-hydrogen) atoms. The molecule has 5 nitrogen and oxygen atoms in total. The number of carbonyl (C=O) groups excluding carboxylic acids is 1. The van der Waals surface area contributed by atoms with Gasteiger partial charge in [0.05, 0.1) is 23.1 Å². The summed E-state index contributed by atoms with van der Waals surface area (Å²) >= 11 is 0. The third kappa shape index (κ3) is 1.87. The predicted octanol–water partition coefficient (Wildman–Crippen LogP) is 1.26. The van der Waals surface area contributed by atoms with E-state index < -0.39 is 21.0 Å². The number of nitrogens with zero attached hydrogens (tertiary/aromatic N) is 1. The number of nitriles is 1. The number of benzene rings is 1. The number of rotatable bonds is 2. The third-order valence-corrected chi connectivity index (χ3v) is 5.04. The van der Waals surface area contributed by atoms with E-state index in [1.165, 1.54) is 0 Å². The van der Waals surface area contributed by atoms with Gasteiger partial charge < -0.3 is 5.32 Å². The summed E-state index contributed by atoms with van der Waals surface area (Å²) in [7, 11) is -3.76. The highest BCUT2D eigenvalue weighted by molar-refractivity contribution is 7.93. The first-order chi connectivity index (χ1) is 8.50. The Balaban J connectivity index is 2.61. The van der Waals surface area contributed by atoms with Crippen molar-refractivity contribution >= 4 is 21.4 Å². The van der Waals surface area contributed by atoms with Crippen molar-refractivity contribution < 1.29 is 13.2 Å². The van der Waals surface area contributed by atoms with Gasteiger partial charge in [-0.15, -0.1) is 0 Å². The zero-order chi connectivity index (χ0) is 13.3. The van der Waals surface area contributed by atoms with Crippen molar-refractivity contribution in [1.82, 2.24) is 0 Å². The zero-order valence-corrected chi connectivity index (χ0v) is 10.6. The fraction of sp³-hybridized carbons (Fsp3) is 0.333. The van der Waals surface area contributed by atoms with Gasteiger partial charge in [-0.3, -0.25) is 4.79 Å². The molecule has 0 saturated carbocycles. The molecule has 1 unspecified atom stereocenters. The van der Waals surface area contributed by atoms with Gasteiger partial charge in [0.15, 0.2) is 15.1 Å². The van der Waals surface area contributed by atoms with Gasteiger partial charge in [0.1, 0.15) is 0 Å². The summed E-state index contributed by atoms with van der Waals surface area (Å²) in [5.74, 6) is -0.631. The first-order valence-electron chi connectivity index (χ1n) is 5.55. The van der Waals surface area contributed by atoms with Crippen molar-refractivity contribution in [3.8, 4) is 6.07 Å². The van der Waals surface area contributed by atoms with Crippen LogP contribution >= 0.6 is 0 Å². The molecule has 0 spiro atoms. The maximum Gasteiger partial charge on any atom is 0.244 e. The number of anilines is 1. The first-order valence-corrected chi connectivity index (χ1v) is 7.10. The third-order valence-electron chi connectivity index (χ3n) is 2.96. The van der Waals surface area contributed by atoms with Crippen LogP contribution in [0.1, 0.15) is 18.9 Å². The van der Waals surface area contributed by atoms with Crippen molar-refractivity contribution in [1.29, 1.82) is 5.26 Å². The van der Waals surface area contributed by atoms with Gasteiger partial charge in [-0.1, -0.05) is 13.0 Å². The highest BCUT2D eigenvalue weighted by atomic mass is 32.2. The standard InChI is InChI=1S/C12H12N2O3S/c1-2-8-3-4-9-11(7-8)18(16,17)10(5-6-13)12(15)14-9/h3-4,7,10H,2,5H2,1H3,(H,14,15). The lowest BCUT2D eigenvalue weighted by Crippen LogP contribution is -2.39. The summed E-state index contributed by atoms with van der Waals surface area (Å²) in [6, 6.07) is 6.67. The molecule has 0 bridgehead atoms. The largest absolute Gasteiger partial charge is 0.324 e. The number of hydrogen-bond acceptors (Lipinski definition) is 4. The summed E-state index contributed by atoms with van der Waals surface area (Å²) in [4.78, 5) is 11.8. The van der Waals surface area contributed by atoms with E-state index in [1.807, 2.05) is 6.92 Å². The molecule has 94 valence electrons. The summed E-state index contributed by atoms with van der Waals surface area (Å²) in [5.41, 5.74) is 1.18. The average Bonchev–Trinajstić information content (AvgIpc) is 2.34. The first kappa shape index (κ1) is 12.6. The minimum atomic E-state index is -3.76. The maximum atomic E-state index is 12.3. The Hall–Kier alpha value is -1.87. The second-order valence-corrected chi connectivity index (χ2v) is 6.17. The highest BCUT2D eigenvalue weighted by Gasteiger charge is 2.40. The van der Waals surface area contributed by atoms with Crippen LogP contribution in [-0.2, 0) is 21.1 Å². The number of hydrogen-bond donors (Lipinski definition) is 1. The van der Waals surface area contributed by atoms with Gasteiger partial charge in [-0.2, -0.15) is 5.26 Å². The van der Waals surface area contributed by atoms with Crippen LogP contribution in [0, 0.1) is 11.3 Å². The lowest BCUT2D eigenvalue weighted by Gasteiger charge is -2.23. The molecule has 1 N–H and O–H groups in total. The number of fused-ring (bicyclic) bond motifs is 1. The van der Waals surface area contributed by atoms with E-state index >= 15 is 0 Å². The van der Waals surface area contributed by atoms with E-state index in [4.69, 9.17) is 5.26 Å². The molecule has 2 rings (SSSR count). The zero-order valence-electron chi connectivity index (χ0n) is 9.80. The minimum Gasteiger partial charge on any atom is -0.324 e. The maximum absolute atomic E-state index is 12.3. The SMILES string of the molecule is CCc1ccc2c(c1)S(=O)(=O)C(CC#N)C(=O)N2. The van der Waals surface area contributed by atoms with E-state index in [2.05, 4.69) is 5.32 Å². The fourth-order valence-electron chi connectivity index (χ4n) is 1.92. The minimum absolute atomic E-state index is 0.113. The lowest BCUT2D eigenvalue weighted by molar-refractivity contribution is -0.115. The fourth-order valence-corrected chi connectivity index (χ4v) is 3.60. The topological polar surface area (TPSA) is 87.0 Å². The van der Waals surface area contributed by atoms with Crippen molar-refractivity contribution in [3.05, 3.63) is 23.8 Å². The monoisotopic (exact) mass is 264 g/mol. The summed E-state index contributed by atoms with van der Waals surface area (Å²) in [5, 5.41) is 9.85. The second-order valence-electron chi connectivity index (χ2n) is 4.07. The molecule has 1 aromatic carbocycles. The molecule has 6 heteroatoms. The Labute approximate surface area is 105 Å². The molecular weight excluding hydrogens is 252 g/mol. The number of nitrogens with one attached hydrogen (secondary N) is 1. The molecule has 1 aromatic rings. The van der Waals surface area contributed by atoms with Crippen LogP contribution in [-0.4, -0.2) is 19.6 Å². The number of carbonyl (C=O) groups is 1. The quantitative estimate of drug-likeness (QED) is 0.871. The summed E-state index contributed by atoms with van der Waals surface area (Å²) in [6.07, 6.45) is 0.379. The molecule has 1 amide bonds. The van der Waals surface area contributed by atoms with Crippen molar-refractivity contribution in [2.24, 2.45) is 0 Å². The van der Waals surface area contributed by atoms with Crippen LogP contribution in [0.3, 0.4) is 0 Å². The van der Waals surface area contributed by atoms with E-state index in [0.29, 0.717) is 12.1 Å². The van der Waals surface area contributed by atoms with Crippen LogP contribution in [0.2, 0.25) is 0 Å². The van der Waals surface area contributed by atoms with Gasteiger partial charge in [0.2, 0.25) is 5.91 Å². The lowest BCUT2D eigenvalue weighted by atomic mass is 10.1. The van der Waals surface area contributed by atoms with E-state index in [1.54, 1.807) is 24.3 Å². The highest BCUT2D eigenvalue weighted by Crippen LogP contribution is 2.32. The van der Waals surface area contributed by atoms with Crippen molar-refractivity contribution in [3.63, 3.8) is 0 Å². The predicted molar refractivity (Wildman–Crippen MR) is 65.7 cm³/mol. The van der Waals surface area contributed by atoms with Crippen molar-refractivity contribution in [2.45, 2.75) is 29.9 Å². The molecule has 0 aromatic heterocycles. The Bertz CT molecular complexity index is 644. The second kappa shape index (κ2) is 4.42. The van der Waals surface area contributed by atoms with Crippen LogP contribution < -0.4 is 5.32 Å². The van der Waals surface area contributed by atoms with Gasteiger partial charge in [0.25, 0.3) is 0 Å². The Morgan fingerprint density at radius 2 is 2.17 bits per heavy atom. The van der Waals surface area contributed by atoms with E-state index in [-0.39, 0.29) is 11.3 Å². The van der Waals surface area contributed by atoms with Crippen LogP contribution in [0.25, 0.3) is 0 Å². The molecule has 1 aliphatic heterocycles. The molecule has 1 aliphatic rings. The van der Waals surface area contributed by atoms with Crippen molar-refractivity contribution in [2.75, 3.05) is 5.32 Å². The average molecular weight is 264 g/mol. The number of aryl methyl sites for hydroxylation is 1. The van der Waals surface area contributed by atoms with E-state index in [0.717, 1.165) is 5.56 Å². The Morgan fingerprint density at radius 1 is 1.44 bits per heavy atom. The molecule has 0 fully saturated rings. The van der Waals surface area contributed by atoms with Gasteiger partial charge >= 0.3 is 0 Å².